The van der Waals surface area contributed by atoms with E-state index in [1.807, 2.05) is 38.1 Å². The topological polar surface area (TPSA) is 69.6 Å². The van der Waals surface area contributed by atoms with Crippen LogP contribution in [0.5, 0.6) is 0 Å². The smallest absolute Gasteiger partial charge is 0.223 e. The number of carbonyl (C=O) groups is 1. The van der Waals surface area contributed by atoms with Gasteiger partial charge >= 0.3 is 0 Å². The van der Waals surface area contributed by atoms with Gasteiger partial charge in [0.05, 0.1) is 25.2 Å². The van der Waals surface area contributed by atoms with Crippen molar-refractivity contribution in [1.82, 2.24) is 5.32 Å². The minimum absolute atomic E-state index is 0.0390. The Labute approximate surface area is 120 Å². The zero-order valence-electron chi connectivity index (χ0n) is 12.5. The number of amides is 1. The average Bonchev–Trinajstić information content (AvgIpc) is 2.44. The molecule has 0 heterocycles. The van der Waals surface area contributed by atoms with Gasteiger partial charge in [0.1, 0.15) is 0 Å². The second-order valence-electron chi connectivity index (χ2n) is 5.41. The third kappa shape index (κ3) is 4.94. The van der Waals surface area contributed by atoms with E-state index in [9.17, 15) is 15.0 Å². The van der Waals surface area contributed by atoms with Crippen LogP contribution in [-0.2, 0) is 11.2 Å². The molecule has 0 spiro atoms. The first-order valence-electron chi connectivity index (χ1n) is 7.15. The first kappa shape index (κ1) is 16.7. The van der Waals surface area contributed by atoms with Crippen LogP contribution in [-0.4, -0.2) is 28.8 Å². The molecule has 1 amide bonds. The third-order valence-corrected chi connectivity index (χ3v) is 3.47. The van der Waals surface area contributed by atoms with Crippen LogP contribution in [0.2, 0.25) is 0 Å². The van der Waals surface area contributed by atoms with E-state index < -0.39 is 12.1 Å². The summed E-state index contributed by atoms with van der Waals surface area (Å²) in [5.74, 6) is -0.206. The maximum Gasteiger partial charge on any atom is 0.223 e. The molecule has 0 radical (unpaired) electrons. The third-order valence-electron chi connectivity index (χ3n) is 3.47. The van der Waals surface area contributed by atoms with Crippen LogP contribution in [0.1, 0.15) is 44.4 Å². The second-order valence-corrected chi connectivity index (χ2v) is 5.41. The van der Waals surface area contributed by atoms with Gasteiger partial charge in [-0.25, -0.2) is 0 Å². The Morgan fingerprint density at radius 3 is 2.30 bits per heavy atom. The van der Waals surface area contributed by atoms with Gasteiger partial charge in [-0.2, -0.15) is 0 Å². The van der Waals surface area contributed by atoms with Crippen molar-refractivity contribution in [2.45, 2.75) is 45.8 Å². The fourth-order valence-corrected chi connectivity index (χ4v) is 1.90. The zero-order chi connectivity index (χ0) is 15.1. The van der Waals surface area contributed by atoms with Gasteiger partial charge < -0.3 is 15.5 Å². The molecule has 1 aromatic carbocycles. The molecule has 1 aromatic rings. The number of aryl methyl sites for hydroxylation is 1. The average molecular weight is 279 g/mol. The summed E-state index contributed by atoms with van der Waals surface area (Å²) in [5, 5.41) is 21.9. The quantitative estimate of drug-likeness (QED) is 0.713. The number of aliphatic hydroxyl groups excluding tert-OH is 2. The molecule has 20 heavy (non-hydrogen) atoms. The molecule has 2 unspecified atom stereocenters. The lowest BCUT2D eigenvalue weighted by atomic mass is 10.0. The van der Waals surface area contributed by atoms with Gasteiger partial charge in [0.2, 0.25) is 5.91 Å². The van der Waals surface area contributed by atoms with Crippen molar-refractivity contribution in [3.63, 3.8) is 0 Å². The molecule has 112 valence electrons. The van der Waals surface area contributed by atoms with E-state index in [2.05, 4.69) is 12.2 Å². The molecule has 3 N–H and O–H groups in total. The highest BCUT2D eigenvalue weighted by Crippen LogP contribution is 2.15. The Kier molecular flexibility index (Phi) is 6.68. The lowest BCUT2D eigenvalue weighted by Gasteiger charge is -2.19. The summed E-state index contributed by atoms with van der Waals surface area (Å²) in [6.07, 6.45) is 0.356. The van der Waals surface area contributed by atoms with Gasteiger partial charge in [-0.05, 0) is 23.5 Å². The van der Waals surface area contributed by atoms with E-state index in [4.69, 9.17) is 0 Å². The zero-order valence-corrected chi connectivity index (χ0v) is 12.5. The summed E-state index contributed by atoms with van der Waals surface area (Å²) < 4.78 is 0. The predicted molar refractivity (Wildman–Crippen MR) is 79.3 cm³/mol. The number of rotatable bonds is 7. The lowest BCUT2D eigenvalue weighted by Crippen LogP contribution is -2.34. The highest BCUT2D eigenvalue weighted by Gasteiger charge is 2.18. The van der Waals surface area contributed by atoms with Crippen LogP contribution >= 0.6 is 0 Å². The summed E-state index contributed by atoms with van der Waals surface area (Å²) in [5.41, 5.74) is 2.09. The van der Waals surface area contributed by atoms with E-state index >= 15 is 0 Å². The number of nitrogens with one attached hydrogen (secondary N) is 1. The van der Waals surface area contributed by atoms with Crippen molar-refractivity contribution in [2.24, 2.45) is 5.92 Å². The lowest BCUT2D eigenvalue weighted by molar-refractivity contribution is -0.124. The number of hydrogen-bond acceptors (Lipinski definition) is 3. The van der Waals surface area contributed by atoms with Gasteiger partial charge in [-0.3, -0.25) is 4.79 Å². The summed E-state index contributed by atoms with van der Waals surface area (Å²) in [6, 6.07) is 7.39. The Morgan fingerprint density at radius 2 is 1.85 bits per heavy atom. The predicted octanol–water partition coefficient (Wildman–Crippen LogP) is 1.81. The fourth-order valence-electron chi connectivity index (χ4n) is 1.90. The van der Waals surface area contributed by atoms with Crippen molar-refractivity contribution >= 4 is 5.91 Å². The highest BCUT2D eigenvalue weighted by molar-refractivity contribution is 5.77. The molecule has 0 saturated carbocycles. The van der Waals surface area contributed by atoms with Crippen LogP contribution in [0.25, 0.3) is 0 Å². The first-order valence-corrected chi connectivity index (χ1v) is 7.15. The SMILES string of the molecule is CCc1ccc(C(CO)NC(=O)CC(O)C(C)C)cc1. The van der Waals surface area contributed by atoms with E-state index in [1.54, 1.807) is 0 Å². The Balaban J connectivity index is 2.64. The Bertz CT molecular complexity index is 414. The number of hydrogen-bond donors (Lipinski definition) is 3. The van der Waals surface area contributed by atoms with Gasteiger partial charge in [0, 0.05) is 0 Å². The molecule has 2 atom stereocenters. The summed E-state index contributed by atoms with van der Waals surface area (Å²) in [7, 11) is 0. The Hall–Kier alpha value is -1.39. The number of aliphatic hydroxyl groups is 2. The second kappa shape index (κ2) is 8.02. The largest absolute Gasteiger partial charge is 0.394 e. The Morgan fingerprint density at radius 1 is 1.25 bits per heavy atom. The molecule has 4 heteroatoms. The molecule has 0 aliphatic rings. The molecule has 0 aliphatic heterocycles. The first-order chi connectivity index (χ1) is 9.47. The number of benzene rings is 1. The summed E-state index contributed by atoms with van der Waals surface area (Å²) in [4.78, 5) is 11.8. The summed E-state index contributed by atoms with van der Waals surface area (Å²) >= 11 is 0. The van der Waals surface area contributed by atoms with E-state index in [0.29, 0.717) is 0 Å². The van der Waals surface area contributed by atoms with Crippen LogP contribution in [0, 0.1) is 5.92 Å². The molecule has 0 aliphatic carbocycles. The van der Waals surface area contributed by atoms with Gasteiger partial charge in [-0.1, -0.05) is 45.0 Å². The molecule has 0 aromatic heterocycles. The van der Waals surface area contributed by atoms with Gasteiger partial charge in [0.15, 0.2) is 0 Å². The molecular formula is C16H25NO3. The number of carbonyl (C=O) groups excluding carboxylic acids is 1. The monoisotopic (exact) mass is 279 g/mol. The van der Waals surface area contributed by atoms with Crippen molar-refractivity contribution in [1.29, 1.82) is 0 Å². The van der Waals surface area contributed by atoms with Crippen LogP contribution < -0.4 is 5.32 Å². The molecule has 1 rings (SSSR count). The molecular weight excluding hydrogens is 254 g/mol. The van der Waals surface area contributed by atoms with Crippen molar-refractivity contribution in [3.05, 3.63) is 35.4 Å². The minimum atomic E-state index is -0.656. The fraction of sp³-hybridized carbons (Fsp3) is 0.562. The maximum absolute atomic E-state index is 11.8. The molecule has 4 nitrogen and oxygen atoms in total. The highest BCUT2D eigenvalue weighted by atomic mass is 16.3. The van der Waals surface area contributed by atoms with E-state index in [-0.39, 0.29) is 24.9 Å². The van der Waals surface area contributed by atoms with Gasteiger partial charge in [-0.15, -0.1) is 0 Å². The van der Waals surface area contributed by atoms with Crippen molar-refractivity contribution < 1.29 is 15.0 Å². The van der Waals surface area contributed by atoms with Crippen LogP contribution in [0.4, 0.5) is 0 Å². The molecule has 0 saturated heterocycles. The van der Waals surface area contributed by atoms with Gasteiger partial charge in [0.25, 0.3) is 0 Å². The molecule has 0 fully saturated rings. The van der Waals surface area contributed by atoms with E-state index in [1.165, 1.54) is 5.56 Å². The normalized spacial score (nSPS) is 14.1. The minimum Gasteiger partial charge on any atom is -0.394 e. The van der Waals surface area contributed by atoms with Crippen molar-refractivity contribution in [3.8, 4) is 0 Å². The van der Waals surface area contributed by atoms with E-state index in [0.717, 1.165) is 12.0 Å². The standard InChI is InChI=1S/C16H25NO3/c1-4-12-5-7-13(8-6-12)14(10-18)17-16(20)9-15(19)11(2)3/h5-8,11,14-15,18-19H,4,9-10H2,1-3H3,(H,17,20). The maximum atomic E-state index is 11.8. The molecule has 0 bridgehead atoms. The van der Waals surface area contributed by atoms with Crippen LogP contribution in [0.3, 0.4) is 0 Å². The van der Waals surface area contributed by atoms with Crippen molar-refractivity contribution in [2.75, 3.05) is 6.61 Å². The van der Waals surface area contributed by atoms with Crippen LogP contribution in [0.15, 0.2) is 24.3 Å². The summed E-state index contributed by atoms with van der Waals surface area (Å²) in [6.45, 7) is 5.65.